The average molecular weight is 510 g/mol. The summed E-state index contributed by atoms with van der Waals surface area (Å²) in [6.07, 6.45) is 4.06. The molecular formula is C25H21ClFN5O4. The van der Waals surface area contributed by atoms with E-state index in [1.165, 1.54) is 23.7 Å². The van der Waals surface area contributed by atoms with Crippen molar-refractivity contribution in [2.45, 2.75) is 25.3 Å². The first-order chi connectivity index (χ1) is 17.3. The van der Waals surface area contributed by atoms with E-state index >= 15 is 0 Å². The Kier molecular flexibility index (Phi) is 5.24. The van der Waals surface area contributed by atoms with E-state index in [2.05, 4.69) is 4.98 Å². The van der Waals surface area contributed by atoms with Crippen LogP contribution in [0.5, 0.6) is 0 Å². The predicted octanol–water partition coefficient (Wildman–Crippen LogP) is 3.48. The van der Waals surface area contributed by atoms with Crippen LogP contribution in [0, 0.1) is 5.82 Å². The first-order valence-electron chi connectivity index (χ1n) is 11.3. The van der Waals surface area contributed by atoms with E-state index in [1.807, 2.05) is 15.3 Å². The van der Waals surface area contributed by atoms with Crippen molar-refractivity contribution < 1.29 is 13.5 Å². The van der Waals surface area contributed by atoms with Crippen LogP contribution in [0.4, 0.5) is 4.39 Å². The lowest BCUT2D eigenvalue weighted by molar-refractivity contribution is -0.0422. The van der Waals surface area contributed by atoms with E-state index < -0.39 is 23.2 Å². The third kappa shape index (κ3) is 3.44. The summed E-state index contributed by atoms with van der Waals surface area (Å²) in [5.41, 5.74) is 1.04. The van der Waals surface area contributed by atoms with Gasteiger partial charge < -0.3 is 18.3 Å². The summed E-state index contributed by atoms with van der Waals surface area (Å²) < 4.78 is 32.9. The molecule has 0 radical (unpaired) electrons. The highest BCUT2D eigenvalue weighted by Crippen LogP contribution is 2.43. The van der Waals surface area contributed by atoms with Gasteiger partial charge in [-0.05, 0) is 35.9 Å². The minimum Gasteiger partial charge on any atom is -0.446 e. The van der Waals surface area contributed by atoms with E-state index in [9.17, 15) is 14.0 Å². The van der Waals surface area contributed by atoms with Crippen molar-refractivity contribution in [2.24, 2.45) is 14.1 Å². The molecule has 0 saturated heterocycles. The van der Waals surface area contributed by atoms with Crippen LogP contribution in [0.15, 0.2) is 69.1 Å². The highest BCUT2D eigenvalue weighted by atomic mass is 35.5. The lowest BCUT2D eigenvalue weighted by atomic mass is 10.1. The molecule has 4 aromatic heterocycles. The summed E-state index contributed by atoms with van der Waals surface area (Å²) in [4.78, 5) is 30.6. The molecule has 36 heavy (non-hydrogen) atoms. The fourth-order valence-electron chi connectivity index (χ4n) is 5.04. The van der Waals surface area contributed by atoms with Crippen LogP contribution in [-0.2, 0) is 31.9 Å². The van der Waals surface area contributed by atoms with Crippen molar-refractivity contribution >= 4 is 22.5 Å². The number of imidazole rings is 1. The summed E-state index contributed by atoms with van der Waals surface area (Å²) in [7, 11) is 3.03. The summed E-state index contributed by atoms with van der Waals surface area (Å²) in [6.45, 7) is 0.814. The molecule has 2 unspecified atom stereocenters. The Morgan fingerprint density at radius 2 is 2.00 bits per heavy atom. The van der Waals surface area contributed by atoms with Gasteiger partial charge in [-0.15, -0.1) is 0 Å². The Hall–Kier alpha value is -3.89. The van der Waals surface area contributed by atoms with Crippen LogP contribution in [0.25, 0.3) is 22.2 Å². The SMILES string of the molecule is Cn1c(=O)c2c(-c3cccc(F)c3)n3c(c2n(C)c1=O)C(c1ccc(Cl)o1)OC(Cn1ccnc1)C3. The quantitative estimate of drug-likeness (QED) is 0.370. The smallest absolute Gasteiger partial charge is 0.331 e. The monoisotopic (exact) mass is 509 g/mol. The molecule has 0 spiro atoms. The number of hydrogen-bond acceptors (Lipinski definition) is 5. The number of nitrogens with zero attached hydrogens (tertiary/aromatic N) is 5. The Labute approximate surface area is 208 Å². The van der Waals surface area contributed by atoms with Crippen molar-refractivity contribution in [3.05, 3.63) is 98.4 Å². The van der Waals surface area contributed by atoms with Crippen molar-refractivity contribution in [2.75, 3.05) is 0 Å². The molecule has 0 aliphatic carbocycles. The van der Waals surface area contributed by atoms with E-state index in [4.69, 9.17) is 20.8 Å². The maximum atomic E-state index is 14.4. The normalized spacial score (nSPS) is 17.6. The number of aryl methyl sites for hydroxylation is 1. The number of fused-ring (bicyclic) bond motifs is 3. The lowest BCUT2D eigenvalue weighted by Crippen LogP contribution is -2.37. The summed E-state index contributed by atoms with van der Waals surface area (Å²) in [6, 6.07) is 9.38. The zero-order chi connectivity index (χ0) is 25.1. The molecule has 5 heterocycles. The molecular weight excluding hydrogens is 489 g/mol. The maximum Gasteiger partial charge on any atom is 0.331 e. The Morgan fingerprint density at radius 3 is 2.69 bits per heavy atom. The summed E-state index contributed by atoms with van der Waals surface area (Å²) in [5, 5.41) is 0.484. The molecule has 0 N–H and O–H groups in total. The molecule has 184 valence electrons. The number of furan rings is 1. The van der Waals surface area contributed by atoms with E-state index in [0.29, 0.717) is 46.7 Å². The van der Waals surface area contributed by atoms with Crippen molar-refractivity contribution in [3.63, 3.8) is 0 Å². The molecule has 2 atom stereocenters. The van der Waals surface area contributed by atoms with Gasteiger partial charge in [0, 0.05) is 32.1 Å². The average Bonchev–Trinajstić information content (AvgIpc) is 3.60. The molecule has 1 aromatic carbocycles. The third-order valence-electron chi connectivity index (χ3n) is 6.59. The third-order valence-corrected chi connectivity index (χ3v) is 6.80. The van der Waals surface area contributed by atoms with Crippen LogP contribution in [0.2, 0.25) is 5.22 Å². The first kappa shape index (κ1) is 22.6. The largest absolute Gasteiger partial charge is 0.446 e. The molecule has 1 aliphatic rings. The van der Waals surface area contributed by atoms with E-state index in [0.717, 1.165) is 4.57 Å². The molecule has 0 fully saturated rings. The van der Waals surface area contributed by atoms with Gasteiger partial charge in [-0.3, -0.25) is 13.9 Å². The highest BCUT2D eigenvalue weighted by Gasteiger charge is 2.38. The van der Waals surface area contributed by atoms with E-state index in [1.54, 1.807) is 43.8 Å². The van der Waals surface area contributed by atoms with Crippen LogP contribution in [-0.4, -0.2) is 29.4 Å². The molecule has 11 heteroatoms. The molecule has 0 bridgehead atoms. The molecule has 5 aromatic rings. The summed E-state index contributed by atoms with van der Waals surface area (Å²) >= 11 is 6.11. The van der Waals surface area contributed by atoms with Gasteiger partial charge in [-0.25, -0.2) is 14.2 Å². The van der Waals surface area contributed by atoms with Crippen LogP contribution in [0.1, 0.15) is 17.6 Å². The topological polar surface area (TPSA) is 89.1 Å². The Morgan fingerprint density at radius 1 is 1.17 bits per heavy atom. The number of aromatic nitrogens is 5. The predicted molar refractivity (Wildman–Crippen MR) is 130 cm³/mol. The number of hydrogen-bond donors (Lipinski definition) is 0. The molecule has 0 saturated carbocycles. The standard InChI is InChI=1S/C25H21ClFN5O4/c1-29-21-19(24(33)30(2)25(29)34)20(14-4-3-5-15(27)10-14)32-12-16(11-31-9-8-28-13-31)35-23(22(21)32)17-6-7-18(26)36-17/h3-10,13,16,23H,11-12H2,1-2H3. The number of benzene rings is 1. The zero-order valence-electron chi connectivity index (χ0n) is 19.4. The van der Waals surface area contributed by atoms with Crippen molar-refractivity contribution in [1.29, 1.82) is 0 Å². The fraction of sp³-hybridized carbons (Fsp3) is 0.240. The van der Waals surface area contributed by atoms with E-state index in [-0.39, 0.29) is 11.3 Å². The first-order valence-corrected chi connectivity index (χ1v) is 11.7. The van der Waals surface area contributed by atoms with Crippen LogP contribution >= 0.6 is 11.6 Å². The van der Waals surface area contributed by atoms with Crippen molar-refractivity contribution in [1.82, 2.24) is 23.3 Å². The fourth-order valence-corrected chi connectivity index (χ4v) is 5.19. The Balaban J connectivity index is 1.71. The van der Waals surface area contributed by atoms with Gasteiger partial charge in [0.1, 0.15) is 11.6 Å². The number of rotatable bonds is 4. The second-order valence-corrected chi connectivity index (χ2v) is 9.20. The highest BCUT2D eigenvalue weighted by molar-refractivity contribution is 6.28. The van der Waals surface area contributed by atoms with Crippen LogP contribution < -0.4 is 11.2 Å². The minimum atomic E-state index is -0.776. The number of halogens is 2. The minimum absolute atomic E-state index is 0.183. The molecule has 6 rings (SSSR count). The molecule has 9 nitrogen and oxygen atoms in total. The van der Waals surface area contributed by atoms with Gasteiger partial charge in [0.05, 0.1) is 47.8 Å². The molecule has 0 amide bonds. The van der Waals surface area contributed by atoms with Crippen LogP contribution in [0.3, 0.4) is 0 Å². The number of ether oxygens (including phenoxy) is 1. The Bertz CT molecular complexity index is 1730. The van der Waals surface area contributed by atoms with Gasteiger partial charge in [0.15, 0.2) is 11.3 Å². The second kappa shape index (κ2) is 8.35. The summed E-state index contributed by atoms with van der Waals surface area (Å²) in [5.74, 6) is -0.0101. The van der Waals surface area contributed by atoms with Gasteiger partial charge in [0.2, 0.25) is 0 Å². The van der Waals surface area contributed by atoms with Gasteiger partial charge in [-0.1, -0.05) is 12.1 Å². The van der Waals surface area contributed by atoms with Gasteiger partial charge >= 0.3 is 5.69 Å². The van der Waals surface area contributed by atoms with Gasteiger partial charge in [-0.2, -0.15) is 0 Å². The molecule has 1 aliphatic heterocycles. The van der Waals surface area contributed by atoms with Gasteiger partial charge in [0.25, 0.3) is 5.56 Å². The maximum absolute atomic E-state index is 14.4. The van der Waals surface area contributed by atoms with Crippen molar-refractivity contribution in [3.8, 4) is 11.3 Å². The zero-order valence-corrected chi connectivity index (χ0v) is 20.1. The second-order valence-electron chi connectivity index (χ2n) is 8.82. The lowest BCUT2D eigenvalue weighted by Gasteiger charge is -2.32.